The van der Waals surface area contributed by atoms with Gasteiger partial charge in [0.2, 0.25) is 5.91 Å². The van der Waals surface area contributed by atoms with E-state index in [1.165, 1.54) is 0 Å². The molecule has 1 saturated heterocycles. The minimum atomic E-state index is 0.0708. The number of rotatable bonds is 7. The summed E-state index contributed by atoms with van der Waals surface area (Å²) >= 11 is 0. The van der Waals surface area contributed by atoms with Crippen LogP contribution in [-0.2, 0) is 9.53 Å². The van der Waals surface area contributed by atoms with Gasteiger partial charge in [0.05, 0.1) is 6.10 Å². The number of hydrogen-bond donors (Lipinski definition) is 2. The van der Waals surface area contributed by atoms with Crippen LogP contribution < -0.4 is 10.6 Å². The molecule has 0 aromatic rings. The fraction of sp³-hybridized carbons (Fsp3) is 0.900. The number of ether oxygens (including phenoxy) is 1. The van der Waals surface area contributed by atoms with E-state index in [1.807, 2.05) is 4.90 Å². The number of amides is 1. The highest BCUT2D eigenvalue weighted by Crippen LogP contribution is 2.21. The Hall–Kier alpha value is -1.30. The van der Waals surface area contributed by atoms with Gasteiger partial charge in [0.1, 0.15) is 0 Å². The van der Waals surface area contributed by atoms with Crippen molar-refractivity contribution in [3.8, 4) is 0 Å². The Balaban J connectivity index is 2.46. The molecule has 1 atom stereocenters. The lowest BCUT2D eigenvalue weighted by Crippen LogP contribution is -2.52. The molecule has 152 valence electrons. The Labute approximate surface area is 160 Å². The van der Waals surface area contributed by atoms with Gasteiger partial charge in [0, 0.05) is 45.8 Å². The zero-order chi connectivity index (χ0) is 19.7. The van der Waals surface area contributed by atoms with Crippen LogP contribution in [0.25, 0.3) is 0 Å². The van der Waals surface area contributed by atoms with Crippen LogP contribution in [0.5, 0.6) is 0 Å². The SMILES string of the molecule is CCC(CC)C(=O)N1CCC(NC(=NC)NCC(OC)C(C)(C)C)CC1. The number of piperidine rings is 1. The standard InChI is InChI=1S/C20H40N4O2/c1-8-15(9-2)18(25)24-12-10-16(11-13-24)23-19(21-6)22-14-17(26-7)20(3,4)5/h15-17H,8-14H2,1-7H3,(H2,21,22,23). The first-order valence-electron chi connectivity index (χ1n) is 10.0. The van der Waals surface area contributed by atoms with Crippen molar-refractivity contribution in [1.29, 1.82) is 0 Å². The van der Waals surface area contributed by atoms with Crippen LogP contribution in [0.3, 0.4) is 0 Å². The van der Waals surface area contributed by atoms with Crippen molar-refractivity contribution >= 4 is 11.9 Å². The third-order valence-electron chi connectivity index (χ3n) is 5.41. The van der Waals surface area contributed by atoms with Gasteiger partial charge in [-0.3, -0.25) is 9.79 Å². The predicted molar refractivity (Wildman–Crippen MR) is 108 cm³/mol. The average molecular weight is 369 g/mol. The van der Waals surface area contributed by atoms with Crippen LogP contribution >= 0.6 is 0 Å². The summed E-state index contributed by atoms with van der Waals surface area (Å²) in [5.74, 6) is 1.31. The maximum atomic E-state index is 12.5. The smallest absolute Gasteiger partial charge is 0.225 e. The largest absolute Gasteiger partial charge is 0.379 e. The number of carbonyl (C=O) groups excluding carboxylic acids is 1. The third-order valence-corrected chi connectivity index (χ3v) is 5.41. The molecule has 1 heterocycles. The Morgan fingerprint density at radius 1 is 1.23 bits per heavy atom. The van der Waals surface area contributed by atoms with Crippen molar-refractivity contribution in [1.82, 2.24) is 15.5 Å². The molecule has 0 spiro atoms. The third kappa shape index (κ3) is 6.78. The van der Waals surface area contributed by atoms with Gasteiger partial charge in [0.15, 0.2) is 5.96 Å². The van der Waals surface area contributed by atoms with E-state index >= 15 is 0 Å². The lowest BCUT2D eigenvalue weighted by molar-refractivity contribution is -0.136. The number of nitrogens with zero attached hydrogens (tertiary/aromatic N) is 2. The molecule has 0 radical (unpaired) electrons. The summed E-state index contributed by atoms with van der Waals surface area (Å²) in [6.07, 6.45) is 3.89. The molecule has 6 heteroatoms. The lowest BCUT2D eigenvalue weighted by Gasteiger charge is -2.35. The van der Waals surface area contributed by atoms with Crippen molar-refractivity contribution in [2.24, 2.45) is 16.3 Å². The topological polar surface area (TPSA) is 66.0 Å². The fourth-order valence-corrected chi connectivity index (χ4v) is 3.46. The van der Waals surface area contributed by atoms with Gasteiger partial charge in [-0.15, -0.1) is 0 Å². The van der Waals surface area contributed by atoms with Crippen molar-refractivity contribution in [2.75, 3.05) is 33.8 Å². The molecule has 1 aliphatic heterocycles. The van der Waals surface area contributed by atoms with Gasteiger partial charge in [-0.05, 0) is 31.1 Å². The Morgan fingerprint density at radius 2 is 1.81 bits per heavy atom. The maximum absolute atomic E-state index is 12.5. The number of methoxy groups -OCH3 is 1. The fourth-order valence-electron chi connectivity index (χ4n) is 3.46. The molecule has 1 fully saturated rings. The average Bonchev–Trinajstić information content (AvgIpc) is 2.61. The van der Waals surface area contributed by atoms with E-state index in [4.69, 9.17) is 4.74 Å². The normalized spacial score (nSPS) is 18.2. The van der Waals surface area contributed by atoms with E-state index in [1.54, 1.807) is 14.2 Å². The second kappa shape index (κ2) is 10.8. The minimum Gasteiger partial charge on any atom is -0.379 e. The maximum Gasteiger partial charge on any atom is 0.225 e. The van der Waals surface area contributed by atoms with Crippen LogP contribution in [0.2, 0.25) is 0 Å². The van der Waals surface area contributed by atoms with Gasteiger partial charge in [-0.25, -0.2) is 0 Å². The summed E-state index contributed by atoms with van der Waals surface area (Å²) < 4.78 is 5.59. The second-order valence-corrected chi connectivity index (χ2v) is 8.30. The van der Waals surface area contributed by atoms with E-state index in [-0.39, 0.29) is 17.4 Å². The van der Waals surface area contributed by atoms with Gasteiger partial charge >= 0.3 is 0 Å². The zero-order valence-electron chi connectivity index (χ0n) is 17.9. The Morgan fingerprint density at radius 3 is 2.23 bits per heavy atom. The van der Waals surface area contributed by atoms with Gasteiger partial charge in [-0.1, -0.05) is 34.6 Å². The first kappa shape index (κ1) is 22.7. The molecule has 6 nitrogen and oxygen atoms in total. The molecular formula is C20H40N4O2. The molecule has 1 amide bonds. The van der Waals surface area contributed by atoms with Crippen LogP contribution in [0.15, 0.2) is 4.99 Å². The summed E-state index contributed by atoms with van der Waals surface area (Å²) in [6, 6.07) is 0.350. The van der Waals surface area contributed by atoms with E-state index in [0.29, 0.717) is 18.5 Å². The number of carbonyl (C=O) groups is 1. The van der Waals surface area contributed by atoms with Gasteiger partial charge < -0.3 is 20.3 Å². The zero-order valence-corrected chi connectivity index (χ0v) is 17.9. The number of aliphatic imine (C=N–C) groups is 1. The number of likely N-dealkylation sites (tertiary alicyclic amines) is 1. The predicted octanol–water partition coefficient (Wildman–Crippen LogP) is 2.64. The van der Waals surface area contributed by atoms with E-state index in [2.05, 4.69) is 50.2 Å². The van der Waals surface area contributed by atoms with Crippen LogP contribution in [0.1, 0.15) is 60.3 Å². The van der Waals surface area contributed by atoms with E-state index < -0.39 is 0 Å². The van der Waals surface area contributed by atoms with E-state index in [9.17, 15) is 4.79 Å². The van der Waals surface area contributed by atoms with Crippen molar-refractivity contribution in [3.05, 3.63) is 0 Å². The Kier molecular flexibility index (Phi) is 9.41. The van der Waals surface area contributed by atoms with Crippen LogP contribution in [-0.4, -0.2) is 62.7 Å². The van der Waals surface area contributed by atoms with Crippen LogP contribution in [0, 0.1) is 11.3 Å². The summed E-state index contributed by atoms with van der Waals surface area (Å²) in [4.78, 5) is 18.9. The molecular weight excluding hydrogens is 328 g/mol. The van der Waals surface area contributed by atoms with Crippen LogP contribution in [0.4, 0.5) is 0 Å². The van der Waals surface area contributed by atoms with Crippen molar-refractivity contribution in [3.63, 3.8) is 0 Å². The molecule has 0 aromatic carbocycles. The summed E-state index contributed by atoms with van der Waals surface area (Å²) in [7, 11) is 3.54. The molecule has 1 rings (SSSR count). The minimum absolute atomic E-state index is 0.0708. The molecule has 0 bridgehead atoms. The van der Waals surface area contributed by atoms with Crippen molar-refractivity contribution < 1.29 is 9.53 Å². The number of nitrogens with one attached hydrogen (secondary N) is 2. The number of guanidine groups is 1. The van der Waals surface area contributed by atoms with Gasteiger partial charge in [-0.2, -0.15) is 0 Å². The molecule has 0 aromatic heterocycles. The highest BCUT2D eigenvalue weighted by molar-refractivity contribution is 5.80. The molecule has 26 heavy (non-hydrogen) atoms. The molecule has 1 aliphatic rings. The molecule has 2 N–H and O–H groups in total. The Bertz CT molecular complexity index is 447. The lowest BCUT2D eigenvalue weighted by atomic mass is 9.89. The highest BCUT2D eigenvalue weighted by atomic mass is 16.5. The van der Waals surface area contributed by atoms with Gasteiger partial charge in [0.25, 0.3) is 0 Å². The quantitative estimate of drug-likeness (QED) is 0.535. The first-order chi connectivity index (χ1) is 12.3. The molecule has 1 unspecified atom stereocenters. The second-order valence-electron chi connectivity index (χ2n) is 8.30. The summed E-state index contributed by atoms with van der Waals surface area (Å²) in [6.45, 7) is 13.1. The highest BCUT2D eigenvalue weighted by Gasteiger charge is 2.28. The monoisotopic (exact) mass is 368 g/mol. The summed E-state index contributed by atoms with van der Waals surface area (Å²) in [5, 5.41) is 6.88. The molecule has 0 aliphatic carbocycles. The number of hydrogen-bond acceptors (Lipinski definition) is 3. The van der Waals surface area contributed by atoms with E-state index in [0.717, 1.165) is 44.7 Å². The molecule has 0 saturated carbocycles. The first-order valence-corrected chi connectivity index (χ1v) is 10.0. The van der Waals surface area contributed by atoms with Crippen molar-refractivity contribution in [2.45, 2.75) is 72.4 Å². The summed E-state index contributed by atoms with van der Waals surface area (Å²) in [5.41, 5.74) is 0.0708.